The molecule has 1 aromatic carbocycles. The van der Waals surface area contributed by atoms with Crippen molar-refractivity contribution in [2.24, 2.45) is 0 Å². The van der Waals surface area contributed by atoms with Crippen LogP contribution in [-0.2, 0) is 4.79 Å². The Labute approximate surface area is 130 Å². The summed E-state index contributed by atoms with van der Waals surface area (Å²) in [7, 11) is 0. The summed E-state index contributed by atoms with van der Waals surface area (Å²) in [4.78, 5) is 14.1. The number of amides is 1. The Kier molecular flexibility index (Phi) is 6.79. The van der Waals surface area contributed by atoms with Gasteiger partial charge in [0.2, 0.25) is 0 Å². The molecule has 5 nitrogen and oxygen atoms in total. The summed E-state index contributed by atoms with van der Waals surface area (Å²) < 4.78 is 5.38. The molecule has 0 radical (unpaired) electrons. The Hall–Kier alpha value is -1.30. The van der Waals surface area contributed by atoms with E-state index < -0.39 is 0 Å². The van der Waals surface area contributed by atoms with E-state index in [1.54, 1.807) is 24.3 Å². The van der Waals surface area contributed by atoms with Gasteiger partial charge in [0.05, 0.1) is 0 Å². The number of nitrogens with one attached hydrogen (secondary N) is 2. The third-order valence-electron chi connectivity index (χ3n) is 3.35. The lowest BCUT2D eigenvalue weighted by atomic mass is 10.3. The number of ether oxygens (including phenoxy) is 1. The van der Waals surface area contributed by atoms with Crippen molar-refractivity contribution in [2.75, 3.05) is 45.9 Å². The zero-order chi connectivity index (χ0) is 14.9. The molecule has 0 aromatic heterocycles. The molecule has 0 spiro atoms. The Bertz CT molecular complexity index is 450. The van der Waals surface area contributed by atoms with Crippen molar-refractivity contribution in [3.8, 4) is 5.75 Å². The molecule has 0 unspecified atom stereocenters. The summed E-state index contributed by atoms with van der Waals surface area (Å²) in [5, 5.41) is 6.79. The van der Waals surface area contributed by atoms with Crippen molar-refractivity contribution < 1.29 is 9.53 Å². The van der Waals surface area contributed by atoms with Gasteiger partial charge >= 0.3 is 0 Å². The molecule has 1 aliphatic heterocycles. The van der Waals surface area contributed by atoms with Crippen molar-refractivity contribution in [3.63, 3.8) is 0 Å². The van der Waals surface area contributed by atoms with Crippen LogP contribution in [0, 0.1) is 0 Å². The number of hydrogen-bond acceptors (Lipinski definition) is 4. The Morgan fingerprint density at radius 2 is 2.19 bits per heavy atom. The van der Waals surface area contributed by atoms with Gasteiger partial charge in [-0.3, -0.25) is 4.79 Å². The average molecular weight is 312 g/mol. The molecule has 6 heteroatoms. The number of benzene rings is 1. The molecule has 0 bridgehead atoms. The molecule has 2 rings (SSSR count). The van der Waals surface area contributed by atoms with E-state index >= 15 is 0 Å². The van der Waals surface area contributed by atoms with E-state index in [2.05, 4.69) is 15.5 Å². The predicted octanol–water partition coefficient (Wildman–Crippen LogP) is 1.13. The highest BCUT2D eigenvalue weighted by atomic mass is 35.5. The fraction of sp³-hybridized carbons (Fsp3) is 0.533. The standard InChI is InChI=1S/C15H22ClN3O2/c16-13-3-1-4-14(11-13)21-12-15(20)18-5-2-8-19-9-6-17-7-10-19/h1,3-4,11,17H,2,5-10,12H2,(H,18,20). The number of carbonyl (C=O) groups is 1. The fourth-order valence-corrected chi connectivity index (χ4v) is 2.40. The van der Waals surface area contributed by atoms with Gasteiger partial charge in [0, 0.05) is 37.7 Å². The van der Waals surface area contributed by atoms with Gasteiger partial charge in [-0.1, -0.05) is 17.7 Å². The van der Waals surface area contributed by atoms with Gasteiger partial charge in [-0.15, -0.1) is 0 Å². The lowest BCUT2D eigenvalue weighted by Gasteiger charge is -2.27. The molecule has 0 aliphatic carbocycles. The summed E-state index contributed by atoms with van der Waals surface area (Å²) >= 11 is 5.85. The molecule has 1 amide bonds. The zero-order valence-electron chi connectivity index (χ0n) is 12.1. The summed E-state index contributed by atoms with van der Waals surface area (Å²) in [6.45, 7) is 6.02. The molecule has 2 N–H and O–H groups in total. The van der Waals surface area contributed by atoms with Gasteiger partial charge < -0.3 is 20.3 Å². The Morgan fingerprint density at radius 3 is 2.95 bits per heavy atom. The van der Waals surface area contributed by atoms with Crippen molar-refractivity contribution in [2.45, 2.75) is 6.42 Å². The van der Waals surface area contributed by atoms with Gasteiger partial charge in [-0.25, -0.2) is 0 Å². The van der Waals surface area contributed by atoms with E-state index in [0.29, 0.717) is 17.3 Å². The predicted molar refractivity (Wildman–Crippen MR) is 83.9 cm³/mol. The second-order valence-electron chi connectivity index (χ2n) is 5.04. The first-order valence-corrected chi connectivity index (χ1v) is 7.70. The maximum Gasteiger partial charge on any atom is 0.257 e. The van der Waals surface area contributed by atoms with Crippen LogP contribution in [0.5, 0.6) is 5.75 Å². The van der Waals surface area contributed by atoms with Gasteiger partial charge in [0.15, 0.2) is 6.61 Å². The first kappa shape index (κ1) is 16.1. The molecular weight excluding hydrogens is 290 g/mol. The molecule has 21 heavy (non-hydrogen) atoms. The number of carbonyl (C=O) groups excluding carboxylic acids is 1. The maximum absolute atomic E-state index is 11.7. The van der Waals surface area contributed by atoms with Crippen LogP contribution < -0.4 is 15.4 Å². The third-order valence-corrected chi connectivity index (χ3v) is 3.58. The van der Waals surface area contributed by atoms with Crippen LogP contribution in [0.25, 0.3) is 0 Å². The number of halogens is 1. The van der Waals surface area contributed by atoms with Crippen LogP contribution in [0.1, 0.15) is 6.42 Å². The van der Waals surface area contributed by atoms with Gasteiger partial charge in [-0.2, -0.15) is 0 Å². The highest BCUT2D eigenvalue weighted by Crippen LogP contribution is 2.16. The van der Waals surface area contributed by atoms with E-state index in [9.17, 15) is 4.79 Å². The van der Waals surface area contributed by atoms with E-state index in [0.717, 1.165) is 39.1 Å². The quantitative estimate of drug-likeness (QED) is 0.741. The Morgan fingerprint density at radius 1 is 1.38 bits per heavy atom. The summed E-state index contributed by atoms with van der Waals surface area (Å²) in [6.07, 6.45) is 0.961. The molecule has 1 saturated heterocycles. The molecule has 1 aliphatic rings. The minimum atomic E-state index is -0.102. The first-order chi connectivity index (χ1) is 10.2. The highest BCUT2D eigenvalue weighted by Gasteiger charge is 2.08. The van der Waals surface area contributed by atoms with Crippen molar-refractivity contribution in [3.05, 3.63) is 29.3 Å². The molecule has 0 saturated carbocycles. The average Bonchev–Trinajstić information content (AvgIpc) is 2.51. The number of piperazine rings is 1. The van der Waals surface area contributed by atoms with Crippen LogP contribution in [0.4, 0.5) is 0 Å². The minimum Gasteiger partial charge on any atom is -0.484 e. The van der Waals surface area contributed by atoms with E-state index in [1.165, 1.54) is 0 Å². The van der Waals surface area contributed by atoms with Crippen molar-refractivity contribution in [1.82, 2.24) is 15.5 Å². The van der Waals surface area contributed by atoms with Gasteiger partial charge in [0.1, 0.15) is 5.75 Å². The van der Waals surface area contributed by atoms with Crippen LogP contribution in [0.15, 0.2) is 24.3 Å². The largest absolute Gasteiger partial charge is 0.484 e. The Balaban J connectivity index is 1.55. The lowest BCUT2D eigenvalue weighted by molar-refractivity contribution is -0.123. The van der Waals surface area contributed by atoms with Crippen LogP contribution in [0.3, 0.4) is 0 Å². The second kappa shape index (κ2) is 8.87. The fourth-order valence-electron chi connectivity index (χ4n) is 2.22. The van der Waals surface area contributed by atoms with E-state index in [4.69, 9.17) is 16.3 Å². The summed E-state index contributed by atoms with van der Waals surface area (Å²) in [5.74, 6) is 0.508. The van der Waals surface area contributed by atoms with E-state index in [1.807, 2.05) is 0 Å². The highest BCUT2D eigenvalue weighted by molar-refractivity contribution is 6.30. The molecule has 0 atom stereocenters. The lowest BCUT2D eigenvalue weighted by Crippen LogP contribution is -2.44. The van der Waals surface area contributed by atoms with Crippen LogP contribution in [0.2, 0.25) is 5.02 Å². The monoisotopic (exact) mass is 311 g/mol. The van der Waals surface area contributed by atoms with Gasteiger partial charge in [0.25, 0.3) is 5.91 Å². The topological polar surface area (TPSA) is 53.6 Å². The summed E-state index contributed by atoms with van der Waals surface area (Å²) in [6, 6.07) is 7.04. The number of nitrogens with zero attached hydrogens (tertiary/aromatic N) is 1. The smallest absolute Gasteiger partial charge is 0.257 e. The third kappa shape index (κ3) is 6.33. The minimum absolute atomic E-state index is 0.0218. The molecular formula is C15H22ClN3O2. The molecule has 1 heterocycles. The SMILES string of the molecule is O=C(COc1cccc(Cl)c1)NCCCN1CCNCC1. The second-order valence-corrected chi connectivity index (χ2v) is 5.48. The normalized spacial score (nSPS) is 15.7. The zero-order valence-corrected chi connectivity index (χ0v) is 12.9. The molecule has 116 valence electrons. The number of rotatable bonds is 7. The van der Waals surface area contributed by atoms with E-state index in [-0.39, 0.29) is 12.5 Å². The van der Waals surface area contributed by atoms with Crippen molar-refractivity contribution >= 4 is 17.5 Å². The van der Waals surface area contributed by atoms with Crippen LogP contribution >= 0.6 is 11.6 Å². The van der Waals surface area contributed by atoms with Gasteiger partial charge in [-0.05, 0) is 31.2 Å². The molecule has 1 aromatic rings. The molecule has 1 fully saturated rings. The number of hydrogen-bond donors (Lipinski definition) is 2. The maximum atomic E-state index is 11.7. The van der Waals surface area contributed by atoms with Crippen LogP contribution in [-0.4, -0.2) is 56.7 Å². The summed E-state index contributed by atoms with van der Waals surface area (Å²) in [5.41, 5.74) is 0. The van der Waals surface area contributed by atoms with Crippen molar-refractivity contribution in [1.29, 1.82) is 0 Å². The first-order valence-electron chi connectivity index (χ1n) is 7.32.